The normalized spacial score (nSPS) is 10.3. The third-order valence-corrected chi connectivity index (χ3v) is 1.92. The van der Waals surface area contributed by atoms with Crippen LogP contribution in [0.2, 0.25) is 0 Å². The number of carbonyl (C=O) groups excluding carboxylic acids is 1. The molecule has 0 aliphatic rings. The second kappa shape index (κ2) is 2.99. The molecule has 0 saturated heterocycles. The molecule has 0 atom stereocenters. The number of benzene rings is 1. The number of fused-ring (bicyclic) bond motifs is 1. The molecule has 4 nitrogen and oxygen atoms in total. The van der Waals surface area contributed by atoms with Crippen LogP contribution in [0.4, 0.5) is 0 Å². The van der Waals surface area contributed by atoms with Gasteiger partial charge < -0.3 is 9.52 Å². The van der Waals surface area contributed by atoms with Crippen LogP contribution in [0.3, 0.4) is 0 Å². The molecule has 0 unspecified atom stereocenters. The van der Waals surface area contributed by atoms with Crippen molar-refractivity contribution in [2.24, 2.45) is 0 Å². The van der Waals surface area contributed by atoms with Gasteiger partial charge in [0.15, 0.2) is 17.6 Å². The maximum absolute atomic E-state index is 10.9. The van der Waals surface area contributed by atoms with E-state index in [1.165, 1.54) is 18.2 Å². The van der Waals surface area contributed by atoms with Gasteiger partial charge in [0, 0.05) is 11.5 Å². The zero-order valence-corrected chi connectivity index (χ0v) is 7.06. The Bertz CT molecular complexity index is 554. The predicted molar refractivity (Wildman–Crippen MR) is 49.5 cm³/mol. The minimum absolute atomic E-state index is 0.0436. The van der Waals surface area contributed by atoms with Crippen molar-refractivity contribution < 1.29 is 14.3 Å². The molecule has 0 aliphatic heterocycles. The predicted octanol–water partition coefficient (Wildman–Crippen LogP) is 1.31. The van der Waals surface area contributed by atoms with Gasteiger partial charge >= 0.3 is 5.63 Å². The molecular formula is C10H6O4. The molecule has 2 rings (SSSR count). The molecule has 0 spiro atoms. The second-order valence-corrected chi connectivity index (χ2v) is 2.79. The summed E-state index contributed by atoms with van der Waals surface area (Å²) in [5.41, 5.74) is -0.412. The van der Waals surface area contributed by atoms with Gasteiger partial charge in [0.05, 0.1) is 5.56 Å². The van der Waals surface area contributed by atoms with Gasteiger partial charge in [-0.25, -0.2) is 4.79 Å². The largest absolute Gasteiger partial charge is 0.504 e. The Labute approximate surface area is 78.4 Å². The molecule has 2 aromatic rings. The third kappa shape index (κ3) is 1.17. The van der Waals surface area contributed by atoms with Crippen LogP contribution in [0.25, 0.3) is 11.0 Å². The summed E-state index contributed by atoms with van der Waals surface area (Å²) < 4.78 is 4.77. The Morgan fingerprint density at radius 1 is 1.21 bits per heavy atom. The van der Waals surface area contributed by atoms with E-state index >= 15 is 0 Å². The third-order valence-electron chi connectivity index (χ3n) is 1.92. The molecule has 0 saturated carbocycles. The molecular weight excluding hydrogens is 184 g/mol. The number of phenols is 1. The van der Waals surface area contributed by atoms with Crippen molar-refractivity contribution in [2.45, 2.75) is 0 Å². The minimum atomic E-state index is -0.559. The van der Waals surface area contributed by atoms with E-state index in [0.29, 0.717) is 11.7 Å². The molecule has 1 aromatic carbocycles. The molecule has 4 heteroatoms. The average Bonchev–Trinajstić information content (AvgIpc) is 2.20. The summed E-state index contributed by atoms with van der Waals surface area (Å²) in [6.45, 7) is 0. The van der Waals surface area contributed by atoms with Crippen LogP contribution in [-0.2, 0) is 0 Å². The van der Waals surface area contributed by atoms with Crippen molar-refractivity contribution in [1.29, 1.82) is 0 Å². The number of phenolic OH excluding ortho intramolecular Hbond substituents is 1. The van der Waals surface area contributed by atoms with Gasteiger partial charge in [0.25, 0.3) is 0 Å². The monoisotopic (exact) mass is 190 g/mol. The number of rotatable bonds is 1. The van der Waals surface area contributed by atoms with Gasteiger partial charge in [-0.3, -0.25) is 4.79 Å². The van der Waals surface area contributed by atoms with Crippen molar-refractivity contribution in [3.05, 3.63) is 40.2 Å². The molecule has 1 heterocycles. The Morgan fingerprint density at radius 2 is 1.93 bits per heavy atom. The van der Waals surface area contributed by atoms with E-state index in [0.717, 1.165) is 0 Å². The van der Waals surface area contributed by atoms with E-state index in [-0.39, 0.29) is 16.9 Å². The average molecular weight is 190 g/mol. The Morgan fingerprint density at radius 3 is 2.64 bits per heavy atom. The van der Waals surface area contributed by atoms with Gasteiger partial charge in [0.1, 0.15) is 0 Å². The Hall–Kier alpha value is -2.10. The van der Waals surface area contributed by atoms with E-state index in [2.05, 4.69) is 0 Å². The van der Waals surface area contributed by atoms with Crippen LogP contribution in [0.15, 0.2) is 33.5 Å². The molecule has 0 bridgehead atoms. The van der Waals surface area contributed by atoms with Crippen LogP contribution in [-0.4, -0.2) is 11.4 Å². The lowest BCUT2D eigenvalue weighted by molar-refractivity contribution is 0.112. The van der Waals surface area contributed by atoms with Gasteiger partial charge in [0.2, 0.25) is 0 Å². The molecule has 1 aromatic heterocycles. The van der Waals surface area contributed by atoms with E-state index in [1.54, 1.807) is 6.07 Å². The SMILES string of the molecule is O=Cc1ccc2ccc(=O)oc2c1O. The smallest absolute Gasteiger partial charge is 0.336 e. The zero-order valence-electron chi connectivity index (χ0n) is 7.06. The van der Waals surface area contributed by atoms with Gasteiger partial charge in [-0.1, -0.05) is 6.07 Å². The molecule has 0 aliphatic carbocycles. The van der Waals surface area contributed by atoms with E-state index in [1.807, 2.05) is 0 Å². The highest BCUT2D eigenvalue weighted by atomic mass is 16.4. The summed E-state index contributed by atoms with van der Waals surface area (Å²) in [6, 6.07) is 5.84. The number of carbonyl (C=O) groups is 1. The first-order valence-corrected chi connectivity index (χ1v) is 3.93. The quantitative estimate of drug-likeness (QED) is 0.543. The molecule has 0 amide bonds. The van der Waals surface area contributed by atoms with Crippen molar-refractivity contribution in [1.82, 2.24) is 0 Å². The summed E-state index contributed by atoms with van der Waals surface area (Å²) in [7, 11) is 0. The first kappa shape index (κ1) is 8.50. The van der Waals surface area contributed by atoms with E-state index < -0.39 is 5.63 Å². The number of hydrogen-bond donors (Lipinski definition) is 1. The highest BCUT2D eigenvalue weighted by Crippen LogP contribution is 2.25. The van der Waals surface area contributed by atoms with Crippen LogP contribution in [0, 0.1) is 0 Å². The maximum atomic E-state index is 10.9. The molecule has 0 fully saturated rings. The molecule has 14 heavy (non-hydrogen) atoms. The molecule has 1 N–H and O–H groups in total. The Balaban J connectivity index is 2.93. The van der Waals surface area contributed by atoms with Crippen molar-refractivity contribution in [3.8, 4) is 5.75 Å². The summed E-state index contributed by atoms with van der Waals surface area (Å²) >= 11 is 0. The fourth-order valence-corrected chi connectivity index (χ4v) is 1.23. The van der Waals surface area contributed by atoms with Crippen LogP contribution < -0.4 is 5.63 Å². The van der Waals surface area contributed by atoms with Gasteiger partial charge in [-0.2, -0.15) is 0 Å². The van der Waals surface area contributed by atoms with Crippen LogP contribution in [0.1, 0.15) is 10.4 Å². The topological polar surface area (TPSA) is 67.5 Å². The summed E-state index contributed by atoms with van der Waals surface area (Å²) in [5, 5.41) is 10.1. The highest BCUT2D eigenvalue weighted by molar-refractivity contribution is 5.92. The number of aldehydes is 1. The number of hydrogen-bond acceptors (Lipinski definition) is 4. The lowest BCUT2D eigenvalue weighted by Crippen LogP contribution is -1.95. The van der Waals surface area contributed by atoms with E-state index in [9.17, 15) is 14.7 Å². The first-order chi connectivity index (χ1) is 6.72. The summed E-state index contributed by atoms with van der Waals surface area (Å²) in [6.07, 6.45) is 0.502. The fraction of sp³-hybridized carbons (Fsp3) is 0. The first-order valence-electron chi connectivity index (χ1n) is 3.93. The second-order valence-electron chi connectivity index (χ2n) is 2.79. The lowest BCUT2D eigenvalue weighted by atomic mass is 10.1. The summed E-state index contributed by atoms with van der Waals surface area (Å²) in [4.78, 5) is 21.3. The lowest BCUT2D eigenvalue weighted by Gasteiger charge is -2.00. The van der Waals surface area contributed by atoms with Crippen LogP contribution >= 0.6 is 0 Å². The fourth-order valence-electron chi connectivity index (χ4n) is 1.23. The minimum Gasteiger partial charge on any atom is -0.504 e. The van der Waals surface area contributed by atoms with Crippen LogP contribution in [0.5, 0.6) is 5.75 Å². The standard InChI is InChI=1S/C10H6O4/c11-5-7-2-1-6-3-4-8(12)14-10(6)9(7)13/h1-5,13H. The molecule has 0 radical (unpaired) electrons. The van der Waals surface area contributed by atoms with Crippen molar-refractivity contribution >= 4 is 17.3 Å². The number of aromatic hydroxyl groups is 1. The van der Waals surface area contributed by atoms with Crippen molar-refractivity contribution in [3.63, 3.8) is 0 Å². The Kier molecular flexibility index (Phi) is 1.81. The highest BCUT2D eigenvalue weighted by Gasteiger charge is 2.07. The van der Waals surface area contributed by atoms with Gasteiger partial charge in [-0.05, 0) is 12.1 Å². The van der Waals surface area contributed by atoms with Gasteiger partial charge in [-0.15, -0.1) is 0 Å². The maximum Gasteiger partial charge on any atom is 0.336 e. The van der Waals surface area contributed by atoms with E-state index in [4.69, 9.17) is 4.42 Å². The van der Waals surface area contributed by atoms with Crippen molar-refractivity contribution in [2.75, 3.05) is 0 Å². The molecule has 70 valence electrons. The summed E-state index contributed by atoms with van der Waals surface area (Å²) in [5.74, 6) is -0.296. The zero-order chi connectivity index (χ0) is 10.1.